The number of hydrogen-bond donors (Lipinski definition) is 2. The summed E-state index contributed by atoms with van der Waals surface area (Å²) in [6.45, 7) is 0.531. The highest BCUT2D eigenvalue weighted by Gasteiger charge is 2.39. The van der Waals surface area contributed by atoms with E-state index in [0.717, 1.165) is 23.2 Å². The first-order valence-electron chi connectivity index (χ1n) is 9.73. The molecule has 2 aliphatic rings. The number of benzene rings is 2. The van der Waals surface area contributed by atoms with Crippen molar-refractivity contribution >= 4 is 22.9 Å². The summed E-state index contributed by atoms with van der Waals surface area (Å²) in [4.78, 5) is 14.3. The Morgan fingerprint density at radius 3 is 2.79 bits per heavy atom. The van der Waals surface area contributed by atoms with Gasteiger partial charge in [0.25, 0.3) is 5.91 Å². The molecule has 0 bridgehead atoms. The van der Waals surface area contributed by atoms with Crippen LogP contribution < -0.4 is 10.6 Å². The molecule has 2 aromatic carbocycles. The molecule has 0 saturated heterocycles. The zero-order valence-corrected chi connectivity index (χ0v) is 16.3. The van der Waals surface area contributed by atoms with Crippen LogP contribution in [0.15, 0.2) is 78.2 Å². The summed E-state index contributed by atoms with van der Waals surface area (Å²) in [5.74, 6) is 0.845. The summed E-state index contributed by atoms with van der Waals surface area (Å²) in [6, 6.07) is 20.7. The first kappa shape index (κ1) is 17.3. The van der Waals surface area contributed by atoms with Gasteiger partial charge in [0, 0.05) is 17.3 Å². The Bertz CT molecular complexity index is 1010. The fourth-order valence-corrected chi connectivity index (χ4v) is 5.29. The SMILES string of the molecule is O=C(NCc1ccccc1)c1cccc2c1NC(c1cccs1)C1CC=CC21. The van der Waals surface area contributed by atoms with E-state index in [1.165, 1.54) is 10.4 Å². The monoisotopic (exact) mass is 386 g/mol. The van der Waals surface area contributed by atoms with Crippen LogP contribution in [0, 0.1) is 5.92 Å². The van der Waals surface area contributed by atoms with Crippen molar-refractivity contribution in [3.05, 3.63) is 99.8 Å². The average molecular weight is 387 g/mol. The molecule has 2 N–H and O–H groups in total. The van der Waals surface area contributed by atoms with Gasteiger partial charge in [-0.15, -0.1) is 11.3 Å². The second kappa shape index (κ2) is 7.28. The standard InChI is InChI=1S/C24H22N2OS/c27-24(25-15-16-7-2-1-3-8-16)20-12-5-10-18-17-9-4-11-19(17)23(26-22(18)20)21-13-6-14-28-21/h1-10,12-14,17,19,23,26H,11,15H2,(H,25,27). The summed E-state index contributed by atoms with van der Waals surface area (Å²) in [5.41, 5.74) is 4.05. The van der Waals surface area contributed by atoms with Crippen molar-refractivity contribution in [1.82, 2.24) is 5.32 Å². The fourth-order valence-electron chi connectivity index (χ4n) is 4.43. The lowest BCUT2D eigenvalue weighted by Crippen LogP contribution is -2.31. The molecule has 2 heterocycles. The lowest BCUT2D eigenvalue weighted by Gasteiger charge is -2.37. The lowest BCUT2D eigenvalue weighted by molar-refractivity contribution is 0.0951. The van der Waals surface area contributed by atoms with Gasteiger partial charge >= 0.3 is 0 Å². The Morgan fingerprint density at radius 2 is 1.96 bits per heavy atom. The third kappa shape index (κ3) is 3.04. The molecule has 5 rings (SSSR count). The van der Waals surface area contributed by atoms with Crippen LogP contribution in [0.2, 0.25) is 0 Å². The highest BCUT2D eigenvalue weighted by Crippen LogP contribution is 2.51. The van der Waals surface area contributed by atoms with Crippen LogP contribution in [-0.2, 0) is 6.54 Å². The number of thiophene rings is 1. The molecule has 3 nitrogen and oxygen atoms in total. The van der Waals surface area contributed by atoms with E-state index in [2.05, 4.69) is 46.4 Å². The Hall–Kier alpha value is -2.85. The Morgan fingerprint density at radius 1 is 1.07 bits per heavy atom. The highest BCUT2D eigenvalue weighted by atomic mass is 32.1. The van der Waals surface area contributed by atoms with Crippen LogP contribution >= 0.6 is 11.3 Å². The molecular weight excluding hydrogens is 364 g/mol. The van der Waals surface area contributed by atoms with Crippen molar-refractivity contribution in [2.75, 3.05) is 5.32 Å². The molecule has 1 aliphatic heterocycles. The number of hydrogen-bond acceptors (Lipinski definition) is 3. The minimum Gasteiger partial charge on any atom is -0.376 e. The largest absolute Gasteiger partial charge is 0.376 e. The highest BCUT2D eigenvalue weighted by molar-refractivity contribution is 7.10. The van der Waals surface area contributed by atoms with Gasteiger partial charge in [0.05, 0.1) is 17.3 Å². The van der Waals surface area contributed by atoms with Gasteiger partial charge in [-0.25, -0.2) is 0 Å². The summed E-state index contributed by atoms with van der Waals surface area (Å²) < 4.78 is 0. The van der Waals surface area contributed by atoms with Crippen LogP contribution in [0.5, 0.6) is 0 Å². The number of anilines is 1. The first-order chi connectivity index (χ1) is 13.8. The van der Waals surface area contributed by atoms with E-state index in [-0.39, 0.29) is 11.9 Å². The van der Waals surface area contributed by atoms with Crippen LogP contribution in [0.4, 0.5) is 5.69 Å². The molecule has 3 aromatic rings. The van der Waals surface area contributed by atoms with Gasteiger partial charge in [-0.1, -0.05) is 60.7 Å². The van der Waals surface area contributed by atoms with E-state index in [4.69, 9.17) is 0 Å². The number of carbonyl (C=O) groups excluding carboxylic acids is 1. The van der Waals surface area contributed by atoms with Crippen LogP contribution in [0.1, 0.15) is 44.7 Å². The average Bonchev–Trinajstić information content (AvgIpc) is 3.44. The summed E-state index contributed by atoms with van der Waals surface area (Å²) in [5, 5.41) is 8.94. The maximum absolute atomic E-state index is 13.0. The molecule has 0 radical (unpaired) electrons. The molecule has 4 heteroatoms. The van der Waals surface area contributed by atoms with Gasteiger partial charge in [0.15, 0.2) is 0 Å². The van der Waals surface area contributed by atoms with Crippen LogP contribution in [0.3, 0.4) is 0 Å². The Kier molecular flexibility index (Phi) is 4.49. The minimum absolute atomic E-state index is 0.0291. The van der Waals surface area contributed by atoms with E-state index in [1.54, 1.807) is 11.3 Å². The fraction of sp³-hybridized carbons (Fsp3) is 0.208. The molecule has 1 aromatic heterocycles. The molecule has 28 heavy (non-hydrogen) atoms. The van der Waals surface area contributed by atoms with Crippen molar-refractivity contribution in [3.63, 3.8) is 0 Å². The van der Waals surface area contributed by atoms with E-state index in [9.17, 15) is 4.79 Å². The predicted octanol–water partition coefficient (Wildman–Crippen LogP) is 5.50. The first-order valence-corrected chi connectivity index (χ1v) is 10.6. The van der Waals surface area contributed by atoms with Gasteiger partial charge in [0.1, 0.15) is 0 Å². The van der Waals surface area contributed by atoms with Crippen LogP contribution in [0.25, 0.3) is 0 Å². The molecule has 3 atom stereocenters. The van der Waals surface area contributed by atoms with Gasteiger partial charge in [-0.3, -0.25) is 4.79 Å². The number of rotatable bonds is 4. The predicted molar refractivity (Wildman–Crippen MR) is 115 cm³/mol. The minimum atomic E-state index is -0.0291. The third-order valence-corrected chi connectivity index (χ3v) is 6.74. The number of para-hydroxylation sites is 1. The number of fused-ring (bicyclic) bond motifs is 3. The number of allylic oxidation sites excluding steroid dienone is 2. The zero-order valence-electron chi connectivity index (χ0n) is 15.5. The van der Waals surface area contributed by atoms with Gasteiger partial charge < -0.3 is 10.6 Å². The van der Waals surface area contributed by atoms with Crippen molar-refractivity contribution in [2.24, 2.45) is 5.92 Å². The number of carbonyl (C=O) groups is 1. The second-order valence-electron chi connectivity index (χ2n) is 7.43. The van der Waals surface area contributed by atoms with Crippen molar-refractivity contribution in [1.29, 1.82) is 0 Å². The van der Waals surface area contributed by atoms with Crippen molar-refractivity contribution in [2.45, 2.75) is 24.9 Å². The van der Waals surface area contributed by atoms with Gasteiger partial charge in [-0.2, -0.15) is 0 Å². The molecule has 0 saturated carbocycles. The maximum atomic E-state index is 13.0. The third-order valence-electron chi connectivity index (χ3n) is 5.79. The molecular formula is C24H22N2OS. The zero-order chi connectivity index (χ0) is 18.9. The van der Waals surface area contributed by atoms with Crippen LogP contribution in [-0.4, -0.2) is 5.91 Å². The van der Waals surface area contributed by atoms with E-state index < -0.39 is 0 Å². The van der Waals surface area contributed by atoms with Gasteiger partial charge in [-0.05, 0) is 41.0 Å². The van der Waals surface area contributed by atoms with E-state index in [0.29, 0.717) is 18.4 Å². The van der Waals surface area contributed by atoms with Crippen molar-refractivity contribution in [3.8, 4) is 0 Å². The molecule has 140 valence electrons. The quantitative estimate of drug-likeness (QED) is 0.581. The maximum Gasteiger partial charge on any atom is 0.253 e. The van der Waals surface area contributed by atoms with Crippen molar-refractivity contribution < 1.29 is 4.79 Å². The number of amides is 1. The molecule has 1 aliphatic carbocycles. The van der Waals surface area contributed by atoms with Gasteiger partial charge in [0.2, 0.25) is 0 Å². The Balaban J connectivity index is 1.46. The molecule has 0 spiro atoms. The van der Waals surface area contributed by atoms with E-state index in [1.807, 2.05) is 42.5 Å². The van der Waals surface area contributed by atoms with E-state index >= 15 is 0 Å². The topological polar surface area (TPSA) is 41.1 Å². The molecule has 3 unspecified atom stereocenters. The normalized spacial score (nSPS) is 22.2. The smallest absolute Gasteiger partial charge is 0.253 e. The second-order valence-corrected chi connectivity index (χ2v) is 8.41. The summed E-state index contributed by atoms with van der Waals surface area (Å²) >= 11 is 1.78. The molecule has 1 amide bonds. The Labute approximate surface area is 169 Å². The molecule has 0 fully saturated rings. The lowest BCUT2D eigenvalue weighted by atomic mass is 9.78. The summed E-state index contributed by atoms with van der Waals surface area (Å²) in [6.07, 6.45) is 5.68. The summed E-state index contributed by atoms with van der Waals surface area (Å²) in [7, 11) is 0. The number of nitrogens with one attached hydrogen (secondary N) is 2.